The van der Waals surface area contributed by atoms with Gasteiger partial charge in [0.1, 0.15) is 5.75 Å². The minimum absolute atomic E-state index is 0.0285. The van der Waals surface area contributed by atoms with Crippen LogP contribution in [0.4, 0.5) is 0 Å². The van der Waals surface area contributed by atoms with Crippen LogP contribution in [0.15, 0.2) is 22.7 Å². The number of benzene rings is 1. The van der Waals surface area contributed by atoms with E-state index in [-0.39, 0.29) is 5.78 Å². The molecule has 0 aromatic heterocycles. The normalized spacial score (nSPS) is 9.58. The van der Waals surface area contributed by atoms with Gasteiger partial charge in [-0.05, 0) is 28.9 Å². The molecule has 0 aliphatic rings. The van der Waals surface area contributed by atoms with E-state index in [1.165, 1.54) is 6.92 Å². The van der Waals surface area contributed by atoms with Crippen molar-refractivity contribution in [3.8, 4) is 5.75 Å². The lowest BCUT2D eigenvalue weighted by atomic mass is 10.1. The Labute approximate surface area is 79.7 Å². The topological polar surface area (TPSA) is 26.3 Å². The molecule has 0 aliphatic heterocycles. The fourth-order valence-corrected chi connectivity index (χ4v) is 1.65. The molecule has 0 fully saturated rings. The van der Waals surface area contributed by atoms with Gasteiger partial charge < -0.3 is 4.74 Å². The van der Waals surface area contributed by atoms with E-state index in [1.54, 1.807) is 25.3 Å². The zero-order valence-corrected chi connectivity index (χ0v) is 8.51. The highest BCUT2D eigenvalue weighted by molar-refractivity contribution is 9.10. The maximum absolute atomic E-state index is 11.0. The molecule has 0 amide bonds. The first-order chi connectivity index (χ1) is 5.66. The van der Waals surface area contributed by atoms with Crippen molar-refractivity contribution in [2.75, 3.05) is 7.11 Å². The Hall–Kier alpha value is -0.830. The van der Waals surface area contributed by atoms with Crippen LogP contribution in [0.25, 0.3) is 0 Å². The largest absolute Gasteiger partial charge is 0.496 e. The highest BCUT2D eigenvalue weighted by atomic mass is 79.9. The third-order valence-corrected chi connectivity index (χ3v) is 2.38. The van der Waals surface area contributed by atoms with E-state index in [9.17, 15) is 4.79 Å². The summed E-state index contributed by atoms with van der Waals surface area (Å²) in [6, 6.07) is 5.35. The van der Waals surface area contributed by atoms with Gasteiger partial charge in [-0.1, -0.05) is 12.1 Å². The fraction of sp³-hybridized carbons (Fsp3) is 0.222. The molecular formula is C9H9BrO2. The molecule has 0 aliphatic carbocycles. The van der Waals surface area contributed by atoms with Gasteiger partial charge in [0, 0.05) is 5.56 Å². The quantitative estimate of drug-likeness (QED) is 0.728. The van der Waals surface area contributed by atoms with Crippen LogP contribution in [-0.2, 0) is 0 Å². The summed E-state index contributed by atoms with van der Waals surface area (Å²) >= 11 is 3.30. The molecule has 0 spiro atoms. The summed E-state index contributed by atoms with van der Waals surface area (Å²) in [4.78, 5) is 11.0. The van der Waals surface area contributed by atoms with Gasteiger partial charge in [-0.15, -0.1) is 0 Å². The van der Waals surface area contributed by atoms with Gasteiger partial charge in [0.05, 0.1) is 11.6 Å². The molecule has 1 aromatic carbocycles. The molecule has 3 heteroatoms. The highest BCUT2D eigenvalue weighted by Gasteiger charge is 2.08. The molecule has 0 atom stereocenters. The zero-order valence-electron chi connectivity index (χ0n) is 6.93. The molecule has 1 aromatic rings. The van der Waals surface area contributed by atoms with Crippen LogP contribution in [0.2, 0.25) is 0 Å². The van der Waals surface area contributed by atoms with Gasteiger partial charge in [0.15, 0.2) is 5.78 Å². The molecule has 0 unspecified atom stereocenters. The van der Waals surface area contributed by atoms with Crippen molar-refractivity contribution >= 4 is 21.7 Å². The average molecular weight is 229 g/mol. The molecule has 64 valence electrons. The summed E-state index contributed by atoms with van der Waals surface area (Å²) in [6.07, 6.45) is 0. The number of ketones is 1. The van der Waals surface area contributed by atoms with Gasteiger partial charge in [0.2, 0.25) is 0 Å². The predicted molar refractivity (Wildman–Crippen MR) is 50.7 cm³/mol. The Balaban J connectivity index is 3.23. The third kappa shape index (κ3) is 1.67. The Bertz CT molecular complexity index is 307. The molecule has 0 saturated heterocycles. The van der Waals surface area contributed by atoms with E-state index >= 15 is 0 Å². The number of halogens is 1. The zero-order chi connectivity index (χ0) is 9.14. The summed E-state index contributed by atoms with van der Waals surface area (Å²) < 4.78 is 5.76. The Morgan fingerprint density at radius 1 is 1.50 bits per heavy atom. The van der Waals surface area contributed by atoms with Crippen molar-refractivity contribution in [3.05, 3.63) is 28.2 Å². The smallest absolute Gasteiger partial charge is 0.161 e. The van der Waals surface area contributed by atoms with E-state index in [2.05, 4.69) is 15.9 Å². The lowest BCUT2D eigenvalue weighted by Gasteiger charge is -2.05. The second kappa shape index (κ2) is 3.72. The Morgan fingerprint density at radius 3 is 2.67 bits per heavy atom. The summed E-state index contributed by atoms with van der Waals surface area (Å²) in [5, 5.41) is 0. The lowest BCUT2D eigenvalue weighted by Crippen LogP contribution is -1.95. The van der Waals surface area contributed by atoms with Crippen LogP contribution < -0.4 is 4.74 Å². The van der Waals surface area contributed by atoms with Crippen LogP contribution in [-0.4, -0.2) is 12.9 Å². The number of ether oxygens (including phenoxy) is 1. The van der Waals surface area contributed by atoms with Crippen LogP contribution in [0.5, 0.6) is 5.75 Å². The summed E-state index contributed by atoms with van der Waals surface area (Å²) in [6.45, 7) is 1.53. The van der Waals surface area contributed by atoms with Gasteiger partial charge in [-0.25, -0.2) is 0 Å². The number of Topliss-reactive ketones (excluding diaryl/α,β-unsaturated/α-hetero) is 1. The first-order valence-corrected chi connectivity index (χ1v) is 4.29. The molecule has 0 radical (unpaired) electrons. The SMILES string of the molecule is COc1cccc(C(C)=O)c1Br. The second-order valence-corrected chi connectivity index (χ2v) is 3.17. The fourth-order valence-electron chi connectivity index (χ4n) is 0.940. The predicted octanol–water partition coefficient (Wildman–Crippen LogP) is 2.66. The number of carbonyl (C=O) groups is 1. The molecule has 0 saturated carbocycles. The van der Waals surface area contributed by atoms with Gasteiger partial charge >= 0.3 is 0 Å². The molecule has 0 N–H and O–H groups in total. The van der Waals surface area contributed by atoms with Crippen molar-refractivity contribution in [1.29, 1.82) is 0 Å². The number of hydrogen-bond acceptors (Lipinski definition) is 2. The minimum atomic E-state index is 0.0285. The van der Waals surface area contributed by atoms with E-state index in [0.29, 0.717) is 11.3 Å². The van der Waals surface area contributed by atoms with E-state index in [0.717, 1.165) is 4.47 Å². The van der Waals surface area contributed by atoms with Crippen LogP contribution in [0.3, 0.4) is 0 Å². The van der Waals surface area contributed by atoms with Crippen molar-refractivity contribution in [3.63, 3.8) is 0 Å². The molecular weight excluding hydrogens is 220 g/mol. The van der Waals surface area contributed by atoms with Crippen molar-refractivity contribution in [2.45, 2.75) is 6.92 Å². The van der Waals surface area contributed by atoms with E-state index in [4.69, 9.17) is 4.74 Å². The molecule has 2 nitrogen and oxygen atoms in total. The van der Waals surface area contributed by atoms with Gasteiger partial charge in [-0.3, -0.25) is 4.79 Å². The third-order valence-electron chi connectivity index (χ3n) is 1.56. The number of hydrogen-bond donors (Lipinski definition) is 0. The summed E-state index contributed by atoms with van der Waals surface area (Å²) in [7, 11) is 1.57. The minimum Gasteiger partial charge on any atom is -0.496 e. The second-order valence-electron chi connectivity index (χ2n) is 2.38. The first kappa shape index (κ1) is 9.26. The molecule has 12 heavy (non-hydrogen) atoms. The number of rotatable bonds is 2. The van der Waals surface area contributed by atoms with Crippen LogP contribution >= 0.6 is 15.9 Å². The van der Waals surface area contributed by atoms with Crippen LogP contribution in [0.1, 0.15) is 17.3 Å². The molecule has 0 heterocycles. The highest BCUT2D eigenvalue weighted by Crippen LogP contribution is 2.28. The van der Waals surface area contributed by atoms with Crippen molar-refractivity contribution in [2.24, 2.45) is 0 Å². The number of methoxy groups -OCH3 is 1. The molecule has 0 bridgehead atoms. The maximum Gasteiger partial charge on any atom is 0.161 e. The maximum atomic E-state index is 11.0. The lowest BCUT2D eigenvalue weighted by molar-refractivity contribution is 0.101. The van der Waals surface area contributed by atoms with Crippen molar-refractivity contribution < 1.29 is 9.53 Å². The standard InChI is InChI=1S/C9H9BrO2/c1-6(11)7-4-3-5-8(12-2)9(7)10/h3-5H,1-2H3. The van der Waals surface area contributed by atoms with Gasteiger partial charge in [0.25, 0.3) is 0 Å². The van der Waals surface area contributed by atoms with E-state index < -0.39 is 0 Å². The first-order valence-electron chi connectivity index (χ1n) is 3.50. The van der Waals surface area contributed by atoms with Crippen LogP contribution in [0, 0.1) is 0 Å². The van der Waals surface area contributed by atoms with Gasteiger partial charge in [-0.2, -0.15) is 0 Å². The Morgan fingerprint density at radius 2 is 2.17 bits per heavy atom. The number of carbonyl (C=O) groups excluding carboxylic acids is 1. The molecule has 1 rings (SSSR count). The average Bonchev–Trinajstić information content (AvgIpc) is 2.04. The van der Waals surface area contributed by atoms with E-state index in [1.807, 2.05) is 0 Å². The summed E-state index contributed by atoms with van der Waals surface area (Å²) in [5.41, 5.74) is 0.648. The van der Waals surface area contributed by atoms with Crippen molar-refractivity contribution in [1.82, 2.24) is 0 Å². The summed E-state index contributed by atoms with van der Waals surface area (Å²) in [5.74, 6) is 0.712. The monoisotopic (exact) mass is 228 g/mol. The Kier molecular flexibility index (Phi) is 2.87.